The lowest BCUT2D eigenvalue weighted by atomic mass is 9.99. The molecule has 0 aliphatic carbocycles. The van der Waals surface area contributed by atoms with Gasteiger partial charge in [0.05, 0.1) is 6.54 Å². The lowest BCUT2D eigenvalue weighted by Gasteiger charge is -2.38. The van der Waals surface area contributed by atoms with Gasteiger partial charge < -0.3 is 4.90 Å². The van der Waals surface area contributed by atoms with Crippen LogP contribution in [0.25, 0.3) is 0 Å². The first-order valence-corrected chi connectivity index (χ1v) is 7.80. The van der Waals surface area contributed by atoms with Crippen molar-refractivity contribution in [1.29, 1.82) is 0 Å². The van der Waals surface area contributed by atoms with Crippen LogP contribution in [-0.4, -0.2) is 72.5 Å². The van der Waals surface area contributed by atoms with Crippen molar-refractivity contribution in [3.05, 3.63) is 0 Å². The Hall–Kier alpha value is -0.610. The molecule has 2 heterocycles. The molecule has 0 aromatic carbocycles. The van der Waals surface area contributed by atoms with Gasteiger partial charge in [0.25, 0.3) is 0 Å². The summed E-state index contributed by atoms with van der Waals surface area (Å²) in [4.78, 5) is 19.1. The van der Waals surface area contributed by atoms with E-state index in [4.69, 9.17) is 0 Å². The van der Waals surface area contributed by atoms with Crippen molar-refractivity contribution in [2.24, 2.45) is 5.92 Å². The Morgan fingerprint density at radius 3 is 2.16 bits per heavy atom. The molecule has 2 saturated heterocycles. The summed E-state index contributed by atoms with van der Waals surface area (Å²) in [5.41, 5.74) is 0. The highest BCUT2D eigenvalue weighted by Gasteiger charge is 2.24. The second-order valence-electron chi connectivity index (χ2n) is 6.47. The summed E-state index contributed by atoms with van der Waals surface area (Å²) >= 11 is 0. The summed E-state index contributed by atoms with van der Waals surface area (Å²) in [6.45, 7) is 13.6. The van der Waals surface area contributed by atoms with Crippen molar-refractivity contribution in [3.8, 4) is 0 Å². The molecule has 19 heavy (non-hydrogen) atoms. The predicted molar refractivity (Wildman–Crippen MR) is 78.1 cm³/mol. The number of piperidine rings is 1. The van der Waals surface area contributed by atoms with E-state index >= 15 is 0 Å². The fraction of sp³-hybridized carbons (Fsp3) is 0.933. The molecular weight excluding hydrogens is 238 g/mol. The number of hydrogen-bond donors (Lipinski definition) is 0. The van der Waals surface area contributed by atoms with Crippen LogP contribution in [0.1, 0.15) is 33.6 Å². The minimum absolute atomic E-state index is 0.338. The second kappa shape index (κ2) is 6.71. The topological polar surface area (TPSA) is 26.8 Å². The molecule has 0 spiro atoms. The quantitative estimate of drug-likeness (QED) is 0.770. The van der Waals surface area contributed by atoms with E-state index in [1.165, 1.54) is 12.8 Å². The highest BCUT2D eigenvalue weighted by Crippen LogP contribution is 2.16. The number of carbonyl (C=O) groups excluding carboxylic acids is 1. The van der Waals surface area contributed by atoms with Crippen LogP contribution in [0.15, 0.2) is 0 Å². The molecule has 0 saturated carbocycles. The minimum Gasteiger partial charge on any atom is -0.342 e. The zero-order chi connectivity index (χ0) is 13.8. The number of hydrogen-bond acceptors (Lipinski definition) is 3. The van der Waals surface area contributed by atoms with Crippen molar-refractivity contribution in [1.82, 2.24) is 14.7 Å². The maximum atomic E-state index is 12.3. The summed E-state index contributed by atoms with van der Waals surface area (Å²) in [6, 6.07) is 0.626. The van der Waals surface area contributed by atoms with E-state index in [1.54, 1.807) is 0 Å². The molecule has 2 rings (SSSR count). The second-order valence-corrected chi connectivity index (χ2v) is 6.47. The van der Waals surface area contributed by atoms with Crippen LogP contribution < -0.4 is 0 Å². The van der Waals surface area contributed by atoms with Gasteiger partial charge in [0.1, 0.15) is 0 Å². The van der Waals surface area contributed by atoms with Crippen LogP contribution in [0.4, 0.5) is 0 Å². The third-order valence-electron chi connectivity index (χ3n) is 4.63. The number of likely N-dealkylation sites (tertiary alicyclic amines) is 1. The average molecular weight is 267 g/mol. The minimum atomic E-state index is 0.338. The molecule has 0 aromatic rings. The summed E-state index contributed by atoms with van der Waals surface area (Å²) in [5.74, 6) is 1.13. The highest BCUT2D eigenvalue weighted by atomic mass is 16.2. The van der Waals surface area contributed by atoms with Crippen LogP contribution in [-0.2, 0) is 4.79 Å². The van der Waals surface area contributed by atoms with Crippen molar-refractivity contribution in [3.63, 3.8) is 0 Å². The normalized spacial score (nSPS) is 24.1. The molecule has 2 aliphatic rings. The van der Waals surface area contributed by atoms with Crippen molar-refractivity contribution in [2.45, 2.75) is 39.7 Å². The SMILES string of the molecule is CC1CCN(C(=O)CN2CCN(C(C)C)CC2)CC1. The van der Waals surface area contributed by atoms with E-state index in [0.717, 1.165) is 45.2 Å². The number of carbonyl (C=O) groups is 1. The lowest BCUT2D eigenvalue weighted by molar-refractivity contribution is -0.134. The molecule has 2 aliphatic heterocycles. The maximum absolute atomic E-state index is 12.3. The lowest BCUT2D eigenvalue weighted by Crippen LogP contribution is -2.52. The van der Waals surface area contributed by atoms with Gasteiger partial charge in [-0.15, -0.1) is 0 Å². The van der Waals surface area contributed by atoms with Gasteiger partial charge in [-0.1, -0.05) is 6.92 Å². The van der Waals surface area contributed by atoms with Crippen molar-refractivity contribution >= 4 is 5.91 Å². The maximum Gasteiger partial charge on any atom is 0.236 e. The zero-order valence-corrected chi connectivity index (χ0v) is 12.8. The van der Waals surface area contributed by atoms with E-state index in [2.05, 4.69) is 35.5 Å². The van der Waals surface area contributed by atoms with Crippen LogP contribution in [0, 0.1) is 5.92 Å². The van der Waals surface area contributed by atoms with E-state index in [0.29, 0.717) is 18.5 Å². The summed E-state index contributed by atoms with van der Waals surface area (Å²) in [7, 11) is 0. The van der Waals surface area contributed by atoms with Gasteiger partial charge in [-0.2, -0.15) is 0 Å². The van der Waals surface area contributed by atoms with E-state index in [-0.39, 0.29) is 0 Å². The zero-order valence-electron chi connectivity index (χ0n) is 12.8. The molecule has 1 amide bonds. The first-order valence-electron chi connectivity index (χ1n) is 7.80. The van der Waals surface area contributed by atoms with Gasteiger partial charge in [-0.05, 0) is 32.6 Å². The molecule has 0 atom stereocenters. The first-order chi connectivity index (χ1) is 9.06. The Morgan fingerprint density at radius 1 is 1.05 bits per heavy atom. The number of rotatable bonds is 3. The molecule has 0 N–H and O–H groups in total. The molecule has 0 unspecified atom stereocenters. The monoisotopic (exact) mass is 267 g/mol. The van der Waals surface area contributed by atoms with E-state index in [9.17, 15) is 4.79 Å². The van der Waals surface area contributed by atoms with Crippen LogP contribution in [0.2, 0.25) is 0 Å². The summed E-state index contributed by atoms with van der Waals surface area (Å²) in [5, 5.41) is 0. The molecule has 4 heteroatoms. The largest absolute Gasteiger partial charge is 0.342 e. The average Bonchev–Trinajstić information content (AvgIpc) is 2.40. The molecule has 0 radical (unpaired) electrons. The molecule has 4 nitrogen and oxygen atoms in total. The van der Waals surface area contributed by atoms with Gasteiger partial charge in [-0.25, -0.2) is 0 Å². The van der Waals surface area contributed by atoms with Crippen molar-refractivity contribution in [2.75, 3.05) is 45.8 Å². The fourth-order valence-corrected chi connectivity index (χ4v) is 2.99. The number of piperazine rings is 1. The Labute approximate surface area is 117 Å². The van der Waals surface area contributed by atoms with E-state index < -0.39 is 0 Å². The Bertz CT molecular complexity index is 290. The molecule has 2 fully saturated rings. The van der Waals surface area contributed by atoms with Gasteiger partial charge >= 0.3 is 0 Å². The number of nitrogens with zero attached hydrogens (tertiary/aromatic N) is 3. The third-order valence-corrected chi connectivity index (χ3v) is 4.63. The molecule has 0 bridgehead atoms. The summed E-state index contributed by atoms with van der Waals surface area (Å²) in [6.07, 6.45) is 2.35. The smallest absolute Gasteiger partial charge is 0.236 e. The third kappa shape index (κ3) is 4.18. The van der Waals surface area contributed by atoms with Crippen LogP contribution >= 0.6 is 0 Å². The Morgan fingerprint density at radius 2 is 1.63 bits per heavy atom. The number of amides is 1. The Kier molecular flexibility index (Phi) is 5.22. The summed E-state index contributed by atoms with van der Waals surface area (Å²) < 4.78 is 0. The predicted octanol–water partition coefficient (Wildman–Crippen LogP) is 1.27. The molecule has 0 aromatic heterocycles. The van der Waals surface area contributed by atoms with Crippen LogP contribution in [0.3, 0.4) is 0 Å². The molecule has 110 valence electrons. The highest BCUT2D eigenvalue weighted by molar-refractivity contribution is 5.78. The first kappa shape index (κ1) is 14.8. The Balaban J connectivity index is 1.72. The van der Waals surface area contributed by atoms with Gasteiger partial charge in [0.2, 0.25) is 5.91 Å². The van der Waals surface area contributed by atoms with Crippen molar-refractivity contribution < 1.29 is 4.79 Å². The van der Waals surface area contributed by atoms with E-state index in [1.807, 2.05) is 0 Å². The van der Waals surface area contributed by atoms with Gasteiger partial charge in [0, 0.05) is 45.3 Å². The standard InChI is InChI=1S/C15H29N3O/c1-13(2)17-10-8-16(9-11-17)12-15(19)18-6-4-14(3)5-7-18/h13-14H,4-12H2,1-3H3. The van der Waals surface area contributed by atoms with Gasteiger partial charge in [-0.3, -0.25) is 14.6 Å². The molecular formula is C15H29N3O. The van der Waals surface area contributed by atoms with Gasteiger partial charge in [0.15, 0.2) is 0 Å². The van der Waals surface area contributed by atoms with Crippen LogP contribution in [0.5, 0.6) is 0 Å². The fourth-order valence-electron chi connectivity index (χ4n) is 2.99.